The van der Waals surface area contributed by atoms with Crippen LogP contribution in [0.1, 0.15) is 24.2 Å². The van der Waals surface area contributed by atoms with Crippen LogP contribution in [0.5, 0.6) is 0 Å². The number of hydrogen-bond donors (Lipinski definition) is 1. The number of ether oxygens (including phenoxy) is 1. The fraction of sp³-hybridized carbons (Fsp3) is 0.769. The lowest BCUT2D eigenvalue weighted by Crippen LogP contribution is -2.63. The van der Waals surface area contributed by atoms with E-state index in [4.69, 9.17) is 9.26 Å². The number of likely N-dealkylation sites (tertiary alicyclic amines) is 1. The summed E-state index contributed by atoms with van der Waals surface area (Å²) in [4.78, 5) is 20.3. The van der Waals surface area contributed by atoms with Crippen LogP contribution in [-0.4, -0.2) is 70.5 Å². The van der Waals surface area contributed by atoms with Gasteiger partial charge in [0.25, 0.3) is 0 Å². The minimum Gasteiger partial charge on any atom is -0.378 e. The van der Waals surface area contributed by atoms with E-state index in [1.165, 1.54) is 0 Å². The first-order valence-corrected chi connectivity index (χ1v) is 7.84. The van der Waals surface area contributed by atoms with Gasteiger partial charge in [0.05, 0.1) is 13.2 Å². The first-order chi connectivity index (χ1) is 10.2. The third-order valence-corrected chi connectivity index (χ3v) is 4.23. The standard InChI is InChI=1S/C13H20N4O3S/c1-9-14-13(20-15-9)11-8-19-4-3-17(11)10-6-16(7-10)12(18)2-5-21/h10-11,21H,2-8H2,1H3. The van der Waals surface area contributed by atoms with Gasteiger partial charge in [-0.15, -0.1) is 0 Å². The molecule has 2 aliphatic rings. The van der Waals surface area contributed by atoms with Gasteiger partial charge in [-0.25, -0.2) is 0 Å². The molecule has 2 aliphatic heterocycles. The van der Waals surface area contributed by atoms with Crippen molar-refractivity contribution in [2.75, 3.05) is 38.6 Å². The van der Waals surface area contributed by atoms with Crippen molar-refractivity contribution in [2.45, 2.75) is 25.4 Å². The second-order valence-corrected chi connectivity index (χ2v) is 5.88. The molecule has 1 aromatic rings. The molecule has 0 spiro atoms. The predicted molar refractivity (Wildman–Crippen MR) is 78.1 cm³/mol. The van der Waals surface area contributed by atoms with E-state index >= 15 is 0 Å². The molecule has 2 saturated heterocycles. The van der Waals surface area contributed by atoms with Crippen LogP contribution >= 0.6 is 12.6 Å². The van der Waals surface area contributed by atoms with E-state index in [0.29, 0.717) is 43.1 Å². The Labute approximate surface area is 129 Å². The lowest BCUT2D eigenvalue weighted by molar-refractivity contribution is -0.142. The smallest absolute Gasteiger partial charge is 0.246 e. The molecule has 2 fully saturated rings. The lowest BCUT2D eigenvalue weighted by atomic mass is 10.0. The van der Waals surface area contributed by atoms with Crippen molar-refractivity contribution in [3.63, 3.8) is 0 Å². The average molecular weight is 312 g/mol. The lowest BCUT2D eigenvalue weighted by Gasteiger charge is -2.48. The van der Waals surface area contributed by atoms with Gasteiger partial charge < -0.3 is 14.2 Å². The number of morpholine rings is 1. The number of aryl methyl sites for hydroxylation is 1. The summed E-state index contributed by atoms with van der Waals surface area (Å²) in [5.74, 6) is 2.02. The summed E-state index contributed by atoms with van der Waals surface area (Å²) in [7, 11) is 0. The molecule has 3 heterocycles. The number of carbonyl (C=O) groups excluding carboxylic acids is 1. The third kappa shape index (κ3) is 3.07. The maximum Gasteiger partial charge on any atom is 0.246 e. The third-order valence-electron chi connectivity index (χ3n) is 4.01. The summed E-state index contributed by atoms with van der Waals surface area (Å²) in [6, 6.07) is 0.335. The average Bonchev–Trinajstić information content (AvgIpc) is 2.84. The van der Waals surface area contributed by atoms with E-state index in [1.54, 1.807) is 0 Å². The largest absolute Gasteiger partial charge is 0.378 e. The first kappa shape index (κ1) is 14.8. The Morgan fingerprint density at radius 3 is 2.95 bits per heavy atom. The zero-order valence-corrected chi connectivity index (χ0v) is 13.0. The zero-order chi connectivity index (χ0) is 14.8. The number of thiol groups is 1. The molecule has 1 atom stereocenters. The minimum absolute atomic E-state index is 0.00733. The van der Waals surface area contributed by atoms with Gasteiger partial charge in [0.1, 0.15) is 6.04 Å². The Hall–Kier alpha value is -1.12. The van der Waals surface area contributed by atoms with Gasteiger partial charge in [-0.1, -0.05) is 5.16 Å². The summed E-state index contributed by atoms with van der Waals surface area (Å²) in [6.07, 6.45) is 0.505. The summed E-state index contributed by atoms with van der Waals surface area (Å²) in [5, 5.41) is 3.86. The van der Waals surface area contributed by atoms with Crippen LogP contribution in [0.4, 0.5) is 0 Å². The van der Waals surface area contributed by atoms with Crippen molar-refractivity contribution in [1.82, 2.24) is 19.9 Å². The van der Waals surface area contributed by atoms with Crippen LogP contribution in [0.25, 0.3) is 0 Å². The minimum atomic E-state index is -0.00733. The molecule has 0 aromatic carbocycles. The Bertz CT molecular complexity index is 503. The van der Waals surface area contributed by atoms with Crippen LogP contribution in [0.3, 0.4) is 0 Å². The number of hydrogen-bond acceptors (Lipinski definition) is 7. The summed E-state index contributed by atoms with van der Waals surface area (Å²) in [6.45, 7) is 5.41. The molecule has 0 radical (unpaired) electrons. The highest BCUT2D eigenvalue weighted by Gasteiger charge is 2.40. The second-order valence-electron chi connectivity index (χ2n) is 5.43. The molecule has 0 aliphatic carbocycles. The van der Waals surface area contributed by atoms with E-state index in [2.05, 4.69) is 27.7 Å². The van der Waals surface area contributed by atoms with Crippen molar-refractivity contribution >= 4 is 18.5 Å². The monoisotopic (exact) mass is 312 g/mol. The Balaban J connectivity index is 1.62. The number of amides is 1. The summed E-state index contributed by atoms with van der Waals surface area (Å²) >= 11 is 4.10. The van der Waals surface area contributed by atoms with Crippen LogP contribution < -0.4 is 0 Å². The van der Waals surface area contributed by atoms with Gasteiger partial charge in [-0.05, 0) is 12.7 Å². The molecule has 3 rings (SSSR count). The quantitative estimate of drug-likeness (QED) is 0.805. The molecular formula is C13H20N4O3S. The fourth-order valence-electron chi connectivity index (χ4n) is 2.84. The van der Waals surface area contributed by atoms with Gasteiger partial charge in [-0.3, -0.25) is 9.69 Å². The van der Waals surface area contributed by atoms with E-state index in [9.17, 15) is 4.79 Å². The van der Waals surface area contributed by atoms with Crippen LogP contribution in [0, 0.1) is 6.92 Å². The van der Waals surface area contributed by atoms with Gasteiger partial charge in [0.2, 0.25) is 11.8 Å². The molecule has 1 amide bonds. The highest BCUT2D eigenvalue weighted by atomic mass is 32.1. The van der Waals surface area contributed by atoms with Crippen molar-refractivity contribution < 1.29 is 14.1 Å². The van der Waals surface area contributed by atoms with E-state index in [1.807, 2.05) is 11.8 Å². The van der Waals surface area contributed by atoms with Gasteiger partial charge >= 0.3 is 0 Å². The second kappa shape index (κ2) is 6.33. The van der Waals surface area contributed by atoms with Crippen LogP contribution in [0.2, 0.25) is 0 Å². The molecule has 8 heteroatoms. The van der Waals surface area contributed by atoms with E-state index < -0.39 is 0 Å². The Kier molecular flexibility index (Phi) is 4.46. The molecule has 1 aromatic heterocycles. The van der Waals surface area contributed by atoms with Gasteiger partial charge in [0.15, 0.2) is 5.82 Å². The molecule has 1 unspecified atom stereocenters. The fourth-order valence-corrected chi connectivity index (χ4v) is 3.03. The van der Waals surface area contributed by atoms with E-state index in [-0.39, 0.29) is 11.9 Å². The Morgan fingerprint density at radius 1 is 1.48 bits per heavy atom. The molecule has 0 bridgehead atoms. The molecule has 0 saturated carbocycles. The number of aromatic nitrogens is 2. The van der Waals surface area contributed by atoms with E-state index in [0.717, 1.165) is 19.6 Å². The van der Waals surface area contributed by atoms with Crippen LogP contribution in [-0.2, 0) is 9.53 Å². The highest BCUT2D eigenvalue weighted by Crippen LogP contribution is 2.29. The summed E-state index contributed by atoms with van der Waals surface area (Å²) < 4.78 is 10.8. The van der Waals surface area contributed by atoms with Crippen molar-refractivity contribution in [2.24, 2.45) is 0 Å². The first-order valence-electron chi connectivity index (χ1n) is 7.21. The number of nitrogens with zero attached hydrogens (tertiary/aromatic N) is 4. The Morgan fingerprint density at radius 2 is 2.29 bits per heavy atom. The normalized spacial score (nSPS) is 24.1. The maximum atomic E-state index is 11.8. The highest BCUT2D eigenvalue weighted by molar-refractivity contribution is 7.80. The predicted octanol–water partition coefficient (Wildman–Crippen LogP) is 0.282. The van der Waals surface area contributed by atoms with Crippen molar-refractivity contribution in [3.8, 4) is 0 Å². The van der Waals surface area contributed by atoms with Crippen molar-refractivity contribution in [3.05, 3.63) is 11.7 Å². The zero-order valence-electron chi connectivity index (χ0n) is 12.1. The van der Waals surface area contributed by atoms with Crippen molar-refractivity contribution in [1.29, 1.82) is 0 Å². The molecule has 0 N–H and O–H groups in total. The van der Waals surface area contributed by atoms with Gasteiger partial charge in [-0.2, -0.15) is 17.6 Å². The van der Waals surface area contributed by atoms with Gasteiger partial charge in [0, 0.05) is 32.1 Å². The van der Waals surface area contributed by atoms with Crippen LogP contribution in [0.15, 0.2) is 4.52 Å². The summed E-state index contributed by atoms with van der Waals surface area (Å²) in [5.41, 5.74) is 0. The molecular weight excluding hydrogens is 292 g/mol. The molecule has 116 valence electrons. The SMILES string of the molecule is Cc1noc(C2COCCN2C2CN(C(=O)CCS)C2)n1. The number of rotatable bonds is 4. The maximum absolute atomic E-state index is 11.8. The molecule has 21 heavy (non-hydrogen) atoms. The topological polar surface area (TPSA) is 71.7 Å². The molecule has 7 nitrogen and oxygen atoms in total. The number of carbonyl (C=O) groups is 1.